The summed E-state index contributed by atoms with van der Waals surface area (Å²) < 4.78 is 69.7. The molecule has 0 unspecified atom stereocenters. The molecule has 2 atom stereocenters. The monoisotopic (exact) mass is 640 g/mol. The summed E-state index contributed by atoms with van der Waals surface area (Å²) in [7, 11) is 0. The number of benzene rings is 1. The fraction of sp³-hybridized carbons (Fsp3) is 0.613. The van der Waals surface area contributed by atoms with Crippen molar-refractivity contribution >= 4 is 17.8 Å². The van der Waals surface area contributed by atoms with E-state index < -0.39 is 47.6 Å². The van der Waals surface area contributed by atoms with Gasteiger partial charge in [0, 0.05) is 43.9 Å². The Bertz CT molecular complexity index is 1360. The van der Waals surface area contributed by atoms with Gasteiger partial charge >= 0.3 is 12.2 Å². The van der Waals surface area contributed by atoms with Crippen molar-refractivity contribution in [1.29, 1.82) is 0 Å². The zero-order valence-corrected chi connectivity index (χ0v) is 25.9. The summed E-state index contributed by atoms with van der Waals surface area (Å²) in [4.78, 5) is 45.1. The Kier molecular flexibility index (Phi) is 10.9. The SMILES string of the molecule is CCN(CC)CC.O=C1CC2(CCN(C(=O)N[C@@H]3CC[C@@H](c4cccc(F)c4F)Cn4c(CC(F)(F)F)cnc43)CC2)C(=O)N1. The summed E-state index contributed by atoms with van der Waals surface area (Å²) in [5, 5.41) is 5.16. The number of halogens is 5. The highest BCUT2D eigenvalue weighted by atomic mass is 19.4. The van der Waals surface area contributed by atoms with Crippen molar-refractivity contribution in [2.24, 2.45) is 5.41 Å². The van der Waals surface area contributed by atoms with Crippen LogP contribution in [0.1, 0.15) is 81.9 Å². The molecular formula is C31H41F5N6O3. The Morgan fingerprint density at radius 2 is 1.76 bits per heavy atom. The Balaban J connectivity index is 0.000000591. The van der Waals surface area contributed by atoms with Crippen LogP contribution in [0.4, 0.5) is 26.7 Å². The van der Waals surface area contributed by atoms with Crippen LogP contribution in [-0.2, 0) is 22.6 Å². The molecule has 1 aromatic carbocycles. The van der Waals surface area contributed by atoms with Crippen LogP contribution in [0.15, 0.2) is 24.4 Å². The standard InChI is InChI=1S/C25H26F5N5O3.C6H15N/c26-17-3-1-2-16(20(17)27)14-4-5-18(21-31-12-15(35(21)13-14)10-25(28,29)30)32-23(38)34-8-6-24(7-9-34)11-19(36)33-22(24)37;1-4-7(5-2)6-3/h1-3,12,14,18H,4-11,13H2,(H,32,38)(H,33,36,37);4-6H2,1-3H3/t14-,18-;/m1./s1. The Morgan fingerprint density at radius 1 is 1.09 bits per heavy atom. The number of carbonyl (C=O) groups is 3. The molecule has 2 N–H and O–H groups in total. The number of nitrogens with one attached hydrogen (secondary N) is 2. The first-order valence-corrected chi connectivity index (χ1v) is 15.5. The average molecular weight is 641 g/mol. The van der Waals surface area contributed by atoms with E-state index in [1.54, 1.807) is 0 Å². The van der Waals surface area contributed by atoms with Gasteiger partial charge < -0.3 is 19.7 Å². The number of aromatic nitrogens is 2. The second-order valence-electron chi connectivity index (χ2n) is 11.9. The maximum absolute atomic E-state index is 14.6. The van der Waals surface area contributed by atoms with E-state index in [-0.39, 0.29) is 67.8 Å². The van der Waals surface area contributed by atoms with Gasteiger partial charge in [-0.1, -0.05) is 32.9 Å². The second kappa shape index (κ2) is 14.3. The second-order valence-corrected chi connectivity index (χ2v) is 11.9. The van der Waals surface area contributed by atoms with Gasteiger partial charge in [0.15, 0.2) is 11.6 Å². The lowest BCUT2D eigenvalue weighted by Crippen LogP contribution is -2.50. The van der Waals surface area contributed by atoms with E-state index in [9.17, 15) is 36.3 Å². The average Bonchev–Trinajstić information content (AvgIpc) is 3.43. The molecule has 9 nitrogen and oxygen atoms in total. The van der Waals surface area contributed by atoms with Crippen molar-refractivity contribution < 1.29 is 36.3 Å². The van der Waals surface area contributed by atoms with Gasteiger partial charge in [0.05, 0.1) is 17.9 Å². The summed E-state index contributed by atoms with van der Waals surface area (Å²) >= 11 is 0. The Hall–Kier alpha value is -3.55. The number of carbonyl (C=O) groups excluding carboxylic acids is 3. The number of hydrogen-bond acceptors (Lipinski definition) is 5. The molecule has 45 heavy (non-hydrogen) atoms. The number of imide groups is 1. The molecule has 2 saturated heterocycles. The van der Waals surface area contributed by atoms with E-state index in [4.69, 9.17) is 0 Å². The van der Waals surface area contributed by atoms with Gasteiger partial charge in [0.2, 0.25) is 11.8 Å². The predicted molar refractivity (Wildman–Crippen MR) is 156 cm³/mol. The van der Waals surface area contributed by atoms with Gasteiger partial charge in [0.1, 0.15) is 5.82 Å². The minimum atomic E-state index is -4.51. The first-order valence-electron chi connectivity index (χ1n) is 15.5. The number of rotatable bonds is 6. The molecule has 5 rings (SSSR count). The van der Waals surface area contributed by atoms with Crippen LogP contribution in [0.2, 0.25) is 0 Å². The van der Waals surface area contributed by atoms with Crippen molar-refractivity contribution in [3.63, 3.8) is 0 Å². The molecule has 1 aromatic heterocycles. The van der Waals surface area contributed by atoms with E-state index >= 15 is 0 Å². The van der Waals surface area contributed by atoms with Gasteiger partial charge in [-0.25, -0.2) is 18.6 Å². The maximum Gasteiger partial charge on any atom is 0.394 e. The molecule has 3 aliphatic rings. The van der Waals surface area contributed by atoms with Crippen LogP contribution in [-0.4, -0.2) is 76.1 Å². The number of fused-ring (bicyclic) bond motifs is 1. The van der Waals surface area contributed by atoms with Crippen LogP contribution in [0.3, 0.4) is 0 Å². The lowest BCUT2D eigenvalue weighted by molar-refractivity contribution is -0.130. The fourth-order valence-electron chi connectivity index (χ4n) is 6.44. The van der Waals surface area contributed by atoms with Crippen LogP contribution < -0.4 is 10.6 Å². The molecule has 0 aliphatic carbocycles. The summed E-state index contributed by atoms with van der Waals surface area (Å²) in [5.74, 6) is -3.18. The van der Waals surface area contributed by atoms with Crippen LogP contribution in [0.25, 0.3) is 0 Å². The van der Waals surface area contributed by atoms with Crippen molar-refractivity contribution in [3.05, 3.63) is 53.1 Å². The number of imidazole rings is 1. The molecular weight excluding hydrogens is 599 g/mol. The van der Waals surface area contributed by atoms with Crippen molar-refractivity contribution in [3.8, 4) is 0 Å². The van der Waals surface area contributed by atoms with Gasteiger partial charge in [0.25, 0.3) is 0 Å². The lowest BCUT2D eigenvalue weighted by atomic mass is 9.77. The van der Waals surface area contributed by atoms with Gasteiger partial charge in [-0.05, 0) is 56.9 Å². The minimum absolute atomic E-state index is 0.0527. The maximum atomic E-state index is 14.6. The molecule has 4 heterocycles. The summed E-state index contributed by atoms with van der Waals surface area (Å²) in [6.07, 6.45) is -3.45. The quantitative estimate of drug-likeness (QED) is 0.340. The van der Waals surface area contributed by atoms with Crippen molar-refractivity contribution in [1.82, 2.24) is 30.0 Å². The first kappa shape index (κ1) is 34.3. The molecule has 0 saturated carbocycles. The molecule has 4 amide bonds. The smallest absolute Gasteiger partial charge is 0.329 e. The van der Waals surface area contributed by atoms with E-state index in [0.29, 0.717) is 12.8 Å². The fourth-order valence-corrected chi connectivity index (χ4v) is 6.44. The van der Waals surface area contributed by atoms with Crippen LogP contribution in [0, 0.1) is 17.0 Å². The predicted octanol–water partition coefficient (Wildman–Crippen LogP) is 5.07. The van der Waals surface area contributed by atoms with Gasteiger partial charge in [-0.2, -0.15) is 13.2 Å². The third-order valence-electron chi connectivity index (χ3n) is 9.17. The molecule has 2 fully saturated rings. The number of alkyl halides is 3. The van der Waals surface area contributed by atoms with Crippen molar-refractivity contribution in [2.75, 3.05) is 32.7 Å². The largest absolute Gasteiger partial charge is 0.394 e. The molecule has 1 spiro atoms. The van der Waals surface area contributed by atoms with Crippen LogP contribution >= 0.6 is 0 Å². The highest BCUT2D eigenvalue weighted by Crippen LogP contribution is 2.39. The highest BCUT2D eigenvalue weighted by Gasteiger charge is 2.49. The van der Waals surface area contributed by atoms with Gasteiger partial charge in [-0.3, -0.25) is 14.9 Å². The molecule has 0 radical (unpaired) electrons. The molecule has 14 heteroatoms. The third kappa shape index (κ3) is 8.00. The zero-order valence-electron chi connectivity index (χ0n) is 25.9. The summed E-state index contributed by atoms with van der Waals surface area (Å²) in [6.45, 7) is 10.5. The van der Waals surface area contributed by atoms with Crippen molar-refractivity contribution in [2.45, 2.75) is 84.0 Å². The normalized spacial score (nSPS) is 21.2. The third-order valence-corrected chi connectivity index (χ3v) is 9.17. The minimum Gasteiger partial charge on any atom is -0.329 e. The van der Waals surface area contributed by atoms with Crippen LogP contribution in [0.5, 0.6) is 0 Å². The summed E-state index contributed by atoms with van der Waals surface area (Å²) in [5.41, 5.74) is -0.895. The topological polar surface area (TPSA) is 99.6 Å². The van der Waals surface area contributed by atoms with E-state index in [1.807, 2.05) is 0 Å². The number of hydrogen-bond donors (Lipinski definition) is 2. The Morgan fingerprint density at radius 3 is 2.31 bits per heavy atom. The molecule has 0 bridgehead atoms. The first-order chi connectivity index (χ1) is 21.3. The Labute approximate surface area is 259 Å². The lowest BCUT2D eigenvalue weighted by Gasteiger charge is -2.37. The molecule has 3 aliphatic heterocycles. The molecule has 2 aromatic rings. The summed E-state index contributed by atoms with van der Waals surface area (Å²) in [6, 6.07) is 2.50. The molecule has 248 valence electrons. The van der Waals surface area contributed by atoms with Gasteiger partial charge in [-0.15, -0.1) is 0 Å². The van der Waals surface area contributed by atoms with E-state index in [0.717, 1.165) is 12.3 Å². The van der Waals surface area contributed by atoms with E-state index in [1.165, 1.54) is 41.2 Å². The number of nitrogens with zero attached hydrogens (tertiary/aromatic N) is 4. The zero-order chi connectivity index (χ0) is 32.9. The number of piperidine rings is 1. The number of amides is 4. The number of likely N-dealkylation sites (tertiary alicyclic amines) is 1. The van der Waals surface area contributed by atoms with E-state index in [2.05, 4.69) is 41.3 Å². The number of urea groups is 1. The highest BCUT2D eigenvalue weighted by molar-refractivity contribution is 6.06.